The molecule has 4 rings (SSSR count). The van der Waals surface area contributed by atoms with Gasteiger partial charge in [0.15, 0.2) is 0 Å². The standard InChI is InChI=1S/C18H19N5O/c1-11-16(4-5-19-11)18(24)23-17-7-14-6-12(15-9-21-22-10-15)2-3-13(14)8-20-17/h2-3,6-11,16,19H,4-5H2,1H3,(H,21,22)(H,20,23,24)/t11-,16-/m0/s1. The van der Waals surface area contributed by atoms with Gasteiger partial charge in [0.05, 0.1) is 12.1 Å². The molecule has 0 bridgehead atoms. The van der Waals surface area contributed by atoms with Gasteiger partial charge < -0.3 is 10.6 Å². The smallest absolute Gasteiger partial charge is 0.230 e. The molecule has 0 spiro atoms. The third-order valence-electron chi connectivity index (χ3n) is 4.67. The molecule has 0 radical (unpaired) electrons. The van der Waals surface area contributed by atoms with Crippen LogP contribution in [0.5, 0.6) is 0 Å². The van der Waals surface area contributed by atoms with Crippen molar-refractivity contribution in [3.63, 3.8) is 0 Å². The fraction of sp³-hybridized carbons (Fsp3) is 0.278. The summed E-state index contributed by atoms with van der Waals surface area (Å²) in [6, 6.07) is 8.28. The summed E-state index contributed by atoms with van der Waals surface area (Å²) in [5, 5.41) is 15.1. The minimum Gasteiger partial charge on any atom is -0.313 e. The largest absolute Gasteiger partial charge is 0.313 e. The van der Waals surface area contributed by atoms with Crippen LogP contribution in [-0.2, 0) is 4.79 Å². The van der Waals surface area contributed by atoms with Crippen LogP contribution in [0.3, 0.4) is 0 Å². The van der Waals surface area contributed by atoms with Gasteiger partial charge >= 0.3 is 0 Å². The zero-order chi connectivity index (χ0) is 16.5. The zero-order valence-corrected chi connectivity index (χ0v) is 13.4. The van der Waals surface area contributed by atoms with Crippen molar-refractivity contribution in [3.05, 3.63) is 42.9 Å². The second kappa shape index (κ2) is 6.05. The number of nitrogens with one attached hydrogen (secondary N) is 3. The Kier molecular flexibility index (Phi) is 3.74. The maximum absolute atomic E-state index is 12.4. The number of amides is 1. The van der Waals surface area contributed by atoms with Gasteiger partial charge in [0.2, 0.25) is 5.91 Å². The van der Waals surface area contributed by atoms with Gasteiger partial charge in [0, 0.05) is 29.4 Å². The normalized spacial score (nSPS) is 20.4. The highest BCUT2D eigenvalue weighted by atomic mass is 16.2. The van der Waals surface area contributed by atoms with Gasteiger partial charge in [-0.25, -0.2) is 4.98 Å². The lowest BCUT2D eigenvalue weighted by Gasteiger charge is -2.14. The highest BCUT2D eigenvalue weighted by Crippen LogP contribution is 2.25. The molecule has 1 aromatic carbocycles. The Balaban J connectivity index is 1.61. The van der Waals surface area contributed by atoms with Crippen molar-refractivity contribution < 1.29 is 4.79 Å². The number of aromatic amines is 1. The maximum atomic E-state index is 12.4. The van der Waals surface area contributed by atoms with Gasteiger partial charge in [-0.3, -0.25) is 9.89 Å². The third kappa shape index (κ3) is 2.76. The van der Waals surface area contributed by atoms with Gasteiger partial charge in [-0.2, -0.15) is 5.10 Å². The van der Waals surface area contributed by atoms with E-state index in [2.05, 4.69) is 31.9 Å². The first-order valence-electron chi connectivity index (χ1n) is 8.14. The van der Waals surface area contributed by atoms with E-state index in [4.69, 9.17) is 0 Å². The SMILES string of the molecule is C[C@@H]1NCC[C@@H]1C(=O)Nc1cc2cc(-c3cn[nH]c3)ccc2cn1. The molecule has 1 amide bonds. The second-order valence-corrected chi connectivity index (χ2v) is 6.25. The van der Waals surface area contributed by atoms with Crippen LogP contribution in [0, 0.1) is 5.92 Å². The van der Waals surface area contributed by atoms with Crippen LogP contribution in [0.4, 0.5) is 5.82 Å². The molecule has 2 aromatic heterocycles. The summed E-state index contributed by atoms with van der Waals surface area (Å²) in [6.07, 6.45) is 6.31. The monoisotopic (exact) mass is 321 g/mol. The van der Waals surface area contributed by atoms with Crippen LogP contribution in [0.1, 0.15) is 13.3 Å². The molecule has 1 aliphatic rings. The molecule has 0 unspecified atom stereocenters. The van der Waals surface area contributed by atoms with Crippen molar-refractivity contribution >= 4 is 22.5 Å². The molecule has 3 N–H and O–H groups in total. The Morgan fingerprint density at radius 2 is 2.12 bits per heavy atom. The molecule has 6 nitrogen and oxygen atoms in total. The van der Waals surface area contributed by atoms with Crippen molar-refractivity contribution in [2.75, 3.05) is 11.9 Å². The number of aromatic nitrogens is 3. The summed E-state index contributed by atoms with van der Waals surface area (Å²) in [7, 11) is 0. The van der Waals surface area contributed by atoms with Crippen LogP contribution in [-0.4, -0.2) is 33.7 Å². The zero-order valence-electron chi connectivity index (χ0n) is 13.4. The number of H-pyrrole nitrogens is 1. The number of hydrogen-bond donors (Lipinski definition) is 3. The second-order valence-electron chi connectivity index (χ2n) is 6.25. The minimum absolute atomic E-state index is 0.000221. The summed E-state index contributed by atoms with van der Waals surface area (Å²) < 4.78 is 0. The van der Waals surface area contributed by atoms with Crippen LogP contribution in [0.25, 0.3) is 21.9 Å². The Morgan fingerprint density at radius 1 is 1.21 bits per heavy atom. The lowest BCUT2D eigenvalue weighted by molar-refractivity contribution is -0.120. The third-order valence-corrected chi connectivity index (χ3v) is 4.67. The van der Waals surface area contributed by atoms with E-state index in [-0.39, 0.29) is 17.9 Å². The van der Waals surface area contributed by atoms with Crippen LogP contribution < -0.4 is 10.6 Å². The Labute approximate surface area is 139 Å². The average Bonchev–Trinajstić information content (AvgIpc) is 3.25. The highest BCUT2D eigenvalue weighted by molar-refractivity contribution is 5.95. The fourth-order valence-electron chi connectivity index (χ4n) is 3.23. The van der Waals surface area contributed by atoms with E-state index in [0.29, 0.717) is 5.82 Å². The van der Waals surface area contributed by atoms with Crippen molar-refractivity contribution in [3.8, 4) is 11.1 Å². The number of fused-ring (bicyclic) bond motifs is 1. The first kappa shape index (κ1) is 14.8. The molecule has 3 heterocycles. The van der Waals surface area contributed by atoms with Gasteiger partial charge in [0.1, 0.15) is 5.82 Å². The Morgan fingerprint density at radius 3 is 2.88 bits per heavy atom. The highest BCUT2D eigenvalue weighted by Gasteiger charge is 2.29. The average molecular weight is 321 g/mol. The van der Waals surface area contributed by atoms with Crippen molar-refractivity contribution in [1.82, 2.24) is 20.5 Å². The number of hydrogen-bond acceptors (Lipinski definition) is 4. The molecule has 0 saturated carbocycles. The quantitative estimate of drug-likeness (QED) is 0.692. The first-order valence-corrected chi connectivity index (χ1v) is 8.14. The van der Waals surface area contributed by atoms with Gasteiger partial charge in [-0.1, -0.05) is 12.1 Å². The fourth-order valence-corrected chi connectivity index (χ4v) is 3.23. The van der Waals surface area contributed by atoms with E-state index >= 15 is 0 Å². The Bertz CT molecular complexity index is 874. The van der Waals surface area contributed by atoms with E-state index in [0.717, 1.165) is 34.9 Å². The number of anilines is 1. The number of carbonyl (C=O) groups excluding carboxylic acids is 1. The number of benzene rings is 1. The van der Waals surface area contributed by atoms with Crippen molar-refractivity contribution in [1.29, 1.82) is 0 Å². The molecule has 3 aromatic rings. The molecule has 1 saturated heterocycles. The molecule has 2 atom stereocenters. The molecule has 6 heteroatoms. The van der Waals surface area contributed by atoms with Crippen molar-refractivity contribution in [2.45, 2.75) is 19.4 Å². The molecular weight excluding hydrogens is 302 g/mol. The molecular formula is C18H19N5O. The summed E-state index contributed by atoms with van der Waals surface area (Å²) in [4.78, 5) is 16.8. The van der Waals surface area contributed by atoms with Crippen LogP contribution in [0.2, 0.25) is 0 Å². The van der Waals surface area contributed by atoms with E-state index < -0.39 is 0 Å². The topological polar surface area (TPSA) is 82.7 Å². The van der Waals surface area contributed by atoms with Crippen LogP contribution >= 0.6 is 0 Å². The lowest BCUT2D eigenvalue weighted by Crippen LogP contribution is -2.32. The Hall–Kier alpha value is -2.73. The molecule has 1 fully saturated rings. The molecule has 1 aliphatic heterocycles. The number of rotatable bonds is 3. The van der Waals surface area contributed by atoms with Gasteiger partial charge in [-0.05, 0) is 43.0 Å². The maximum Gasteiger partial charge on any atom is 0.230 e. The molecule has 0 aliphatic carbocycles. The first-order chi connectivity index (χ1) is 11.7. The summed E-state index contributed by atoms with van der Waals surface area (Å²) in [5.41, 5.74) is 2.11. The van der Waals surface area contributed by atoms with Crippen LogP contribution in [0.15, 0.2) is 42.9 Å². The van der Waals surface area contributed by atoms with Crippen molar-refractivity contribution in [2.24, 2.45) is 5.92 Å². The number of carbonyl (C=O) groups is 1. The lowest BCUT2D eigenvalue weighted by atomic mass is 10.0. The predicted molar refractivity (Wildman–Crippen MR) is 93.5 cm³/mol. The summed E-state index contributed by atoms with van der Waals surface area (Å²) >= 11 is 0. The number of nitrogens with zero attached hydrogens (tertiary/aromatic N) is 2. The van der Waals surface area contributed by atoms with E-state index in [9.17, 15) is 4.79 Å². The van der Waals surface area contributed by atoms with E-state index in [1.165, 1.54) is 0 Å². The van der Waals surface area contributed by atoms with Gasteiger partial charge in [-0.15, -0.1) is 0 Å². The van der Waals surface area contributed by atoms with E-state index in [1.807, 2.05) is 31.3 Å². The molecule has 122 valence electrons. The van der Waals surface area contributed by atoms with Gasteiger partial charge in [0.25, 0.3) is 0 Å². The number of pyridine rings is 1. The van der Waals surface area contributed by atoms with E-state index in [1.54, 1.807) is 12.4 Å². The predicted octanol–water partition coefficient (Wildman–Crippen LogP) is 2.56. The minimum atomic E-state index is -0.000221. The summed E-state index contributed by atoms with van der Waals surface area (Å²) in [5.74, 6) is 0.626. The molecule has 24 heavy (non-hydrogen) atoms. The summed E-state index contributed by atoms with van der Waals surface area (Å²) in [6.45, 7) is 2.93.